The first-order valence-electron chi connectivity index (χ1n) is 5.33. The van der Waals surface area contributed by atoms with E-state index < -0.39 is 7.37 Å². The third kappa shape index (κ3) is 2.31. The molecule has 1 aliphatic heterocycles. The summed E-state index contributed by atoms with van der Waals surface area (Å²) in [6.45, 7) is 0.849. The Morgan fingerprint density at radius 2 is 2.00 bits per heavy atom. The van der Waals surface area contributed by atoms with Crippen LogP contribution in [-0.2, 0) is 4.57 Å². The average Bonchev–Trinajstić information content (AvgIpc) is 2.31. The van der Waals surface area contributed by atoms with Gasteiger partial charge in [-0.1, -0.05) is 24.6 Å². The van der Waals surface area contributed by atoms with Crippen LogP contribution in [0.5, 0.6) is 0 Å². The van der Waals surface area contributed by atoms with Crippen molar-refractivity contribution in [3.05, 3.63) is 30.3 Å². The Morgan fingerprint density at radius 3 is 2.60 bits per heavy atom. The molecule has 2 unspecified atom stereocenters. The molecule has 1 heterocycles. The lowest BCUT2D eigenvalue weighted by molar-refractivity contribution is 0.415. The molecular weight excluding hydrogens is 209 g/mol. The van der Waals surface area contributed by atoms with Crippen LogP contribution in [0, 0.1) is 0 Å². The normalized spacial score (nSPS) is 25.8. The molecule has 1 aliphatic rings. The molecule has 4 heteroatoms. The minimum absolute atomic E-state index is 0.256. The fourth-order valence-corrected chi connectivity index (χ4v) is 3.82. The number of hydrogen-bond acceptors (Lipinski definition) is 2. The van der Waals surface area contributed by atoms with Crippen LogP contribution in [0.25, 0.3) is 0 Å². The van der Waals surface area contributed by atoms with Crippen molar-refractivity contribution in [1.29, 1.82) is 0 Å². The van der Waals surface area contributed by atoms with Crippen LogP contribution in [0.15, 0.2) is 30.3 Å². The summed E-state index contributed by atoms with van der Waals surface area (Å²) in [5, 5.41) is 3.70. The summed E-state index contributed by atoms with van der Waals surface area (Å²) in [5.74, 6) is -0.256. The SMILES string of the molecule is O=P(O)(c1ccccc1)C1CCCCN1. The van der Waals surface area contributed by atoms with E-state index in [-0.39, 0.29) is 5.78 Å². The molecular formula is C11H16NO2P. The van der Waals surface area contributed by atoms with Crippen LogP contribution in [0.1, 0.15) is 19.3 Å². The summed E-state index contributed by atoms with van der Waals surface area (Å²) in [4.78, 5) is 10.1. The van der Waals surface area contributed by atoms with E-state index in [1.807, 2.05) is 6.07 Å². The molecule has 0 saturated carbocycles. The van der Waals surface area contributed by atoms with Crippen LogP contribution in [0.4, 0.5) is 0 Å². The minimum Gasteiger partial charge on any atom is -0.340 e. The van der Waals surface area contributed by atoms with Gasteiger partial charge in [0, 0.05) is 5.30 Å². The molecule has 0 amide bonds. The van der Waals surface area contributed by atoms with Gasteiger partial charge in [0.1, 0.15) is 0 Å². The van der Waals surface area contributed by atoms with Crippen molar-refractivity contribution in [1.82, 2.24) is 5.32 Å². The van der Waals surface area contributed by atoms with Gasteiger partial charge in [-0.2, -0.15) is 0 Å². The minimum atomic E-state index is -3.23. The van der Waals surface area contributed by atoms with Crippen LogP contribution in [-0.4, -0.2) is 17.2 Å². The highest BCUT2D eigenvalue weighted by Crippen LogP contribution is 2.46. The molecule has 1 fully saturated rings. The van der Waals surface area contributed by atoms with Crippen molar-refractivity contribution >= 4 is 12.7 Å². The van der Waals surface area contributed by atoms with Crippen LogP contribution >= 0.6 is 7.37 Å². The van der Waals surface area contributed by atoms with E-state index in [1.54, 1.807) is 24.3 Å². The maximum Gasteiger partial charge on any atom is 0.245 e. The van der Waals surface area contributed by atoms with E-state index in [0.29, 0.717) is 5.30 Å². The Labute approximate surface area is 90.0 Å². The van der Waals surface area contributed by atoms with Gasteiger partial charge in [-0.3, -0.25) is 4.57 Å². The molecule has 1 saturated heterocycles. The van der Waals surface area contributed by atoms with Crippen molar-refractivity contribution < 1.29 is 9.46 Å². The maximum atomic E-state index is 12.3. The van der Waals surface area contributed by atoms with Gasteiger partial charge in [0.05, 0.1) is 5.78 Å². The summed E-state index contributed by atoms with van der Waals surface area (Å²) >= 11 is 0. The van der Waals surface area contributed by atoms with E-state index in [4.69, 9.17) is 0 Å². The Balaban J connectivity index is 2.22. The first kappa shape index (κ1) is 10.9. The summed E-state index contributed by atoms with van der Waals surface area (Å²) < 4.78 is 12.3. The summed E-state index contributed by atoms with van der Waals surface area (Å²) in [6, 6.07) is 8.94. The van der Waals surface area contributed by atoms with Gasteiger partial charge in [-0.05, 0) is 31.5 Å². The predicted octanol–water partition coefficient (Wildman–Crippen LogP) is 1.68. The molecule has 15 heavy (non-hydrogen) atoms. The fourth-order valence-electron chi connectivity index (χ4n) is 1.95. The molecule has 0 aliphatic carbocycles. The predicted molar refractivity (Wildman–Crippen MR) is 61.5 cm³/mol. The lowest BCUT2D eigenvalue weighted by atomic mass is 10.2. The zero-order chi connectivity index (χ0) is 10.7. The highest BCUT2D eigenvalue weighted by molar-refractivity contribution is 7.66. The molecule has 0 spiro atoms. The van der Waals surface area contributed by atoms with Gasteiger partial charge in [0.25, 0.3) is 0 Å². The number of hydrogen-bond donors (Lipinski definition) is 2. The average molecular weight is 225 g/mol. The van der Waals surface area contributed by atoms with E-state index >= 15 is 0 Å². The summed E-state index contributed by atoms with van der Waals surface area (Å²) in [6.07, 6.45) is 2.93. The molecule has 0 aromatic heterocycles. The first-order chi connectivity index (χ1) is 7.21. The summed E-state index contributed by atoms with van der Waals surface area (Å²) in [5.41, 5.74) is 0. The van der Waals surface area contributed by atoms with E-state index in [9.17, 15) is 9.46 Å². The molecule has 1 aromatic rings. The first-order valence-corrected chi connectivity index (χ1v) is 7.05. The van der Waals surface area contributed by atoms with E-state index in [1.165, 1.54) is 0 Å². The maximum absolute atomic E-state index is 12.3. The number of benzene rings is 1. The van der Waals surface area contributed by atoms with Crippen molar-refractivity contribution in [2.75, 3.05) is 6.54 Å². The lowest BCUT2D eigenvalue weighted by Crippen LogP contribution is -2.36. The Bertz CT molecular complexity index is 360. The second kappa shape index (κ2) is 4.48. The summed E-state index contributed by atoms with van der Waals surface area (Å²) in [7, 11) is -3.23. The second-order valence-electron chi connectivity index (χ2n) is 3.92. The third-order valence-corrected chi connectivity index (χ3v) is 5.16. The van der Waals surface area contributed by atoms with Crippen LogP contribution in [0.3, 0.4) is 0 Å². The van der Waals surface area contributed by atoms with Crippen molar-refractivity contribution in [2.24, 2.45) is 0 Å². The highest BCUT2D eigenvalue weighted by atomic mass is 31.2. The molecule has 2 atom stereocenters. The van der Waals surface area contributed by atoms with Gasteiger partial charge < -0.3 is 10.2 Å². The molecule has 0 radical (unpaired) electrons. The lowest BCUT2D eigenvalue weighted by Gasteiger charge is -2.27. The number of piperidine rings is 1. The quantitative estimate of drug-likeness (QED) is 0.753. The monoisotopic (exact) mass is 225 g/mol. The van der Waals surface area contributed by atoms with Crippen molar-refractivity contribution in [3.63, 3.8) is 0 Å². The Morgan fingerprint density at radius 1 is 1.27 bits per heavy atom. The molecule has 0 bridgehead atoms. The van der Waals surface area contributed by atoms with Gasteiger partial charge in [0.2, 0.25) is 7.37 Å². The topological polar surface area (TPSA) is 49.3 Å². The van der Waals surface area contributed by atoms with Gasteiger partial charge >= 0.3 is 0 Å². The molecule has 82 valence electrons. The largest absolute Gasteiger partial charge is 0.340 e. The van der Waals surface area contributed by atoms with Gasteiger partial charge in [0.15, 0.2) is 0 Å². The highest BCUT2D eigenvalue weighted by Gasteiger charge is 2.33. The molecule has 2 rings (SSSR count). The third-order valence-electron chi connectivity index (χ3n) is 2.83. The van der Waals surface area contributed by atoms with Crippen LogP contribution in [0.2, 0.25) is 0 Å². The standard InChI is InChI=1S/C11H16NO2P/c13-15(14,10-6-2-1-3-7-10)11-8-4-5-9-12-11/h1-3,6-7,11-12H,4-5,8-9H2,(H,13,14). The van der Waals surface area contributed by atoms with Crippen LogP contribution < -0.4 is 10.6 Å². The Hall–Kier alpha value is -0.630. The molecule has 1 aromatic carbocycles. The van der Waals surface area contributed by atoms with Gasteiger partial charge in [-0.25, -0.2) is 0 Å². The van der Waals surface area contributed by atoms with Crippen molar-refractivity contribution in [2.45, 2.75) is 25.0 Å². The van der Waals surface area contributed by atoms with Crippen molar-refractivity contribution in [3.8, 4) is 0 Å². The van der Waals surface area contributed by atoms with E-state index in [0.717, 1.165) is 25.8 Å². The number of nitrogens with one attached hydrogen (secondary N) is 1. The van der Waals surface area contributed by atoms with Gasteiger partial charge in [-0.15, -0.1) is 0 Å². The molecule has 3 nitrogen and oxygen atoms in total. The van der Waals surface area contributed by atoms with E-state index in [2.05, 4.69) is 5.32 Å². The fraction of sp³-hybridized carbons (Fsp3) is 0.455. The second-order valence-corrected chi connectivity index (χ2v) is 6.31. The Kier molecular flexibility index (Phi) is 3.25. The molecule has 2 N–H and O–H groups in total. The zero-order valence-corrected chi connectivity index (χ0v) is 9.49. The smallest absolute Gasteiger partial charge is 0.245 e. The number of rotatable bonds is 2. The zero-order valence-electron chi connectivity index (χ0n) is 8.60.